The van der Waals surface area contributed by atoms with Gasteiger partial charge in [-0.2, -0.15) is 5.10 Å². The number of fused-ring (bicyclic) bond motifs is 1. The quantitative estimate of drug-likeness (QED) is 0.804. The first-order valence-corrected chi connectivity index (χ1v) is 9.93. The molecule has 8 nitrogen and oxygen atoms in total. The average Bonchev–Trinajstić information content (AvgIpc) is 2.89. The van der Waals surface area contributed by atoms with Crippen LogP contribution in [0.5, 0.6) is 5.75 Å². The normalized spacial score (nSPS) is 16.6. The summed E-state index contributed by atoms with van der Waals surface area (Å²) in [5.74, 6) is 0.580. The number of sulfonamides is 1. The fraction of sp³-hybridized carbons (Fsp3) is 0.412. The zero-order valence-electron chi connectivity index (χ0n) is 14.9. The lowest BCUT2D eigenvalue weighted by Crippen LogP contribution is -2.37. The van der Waals surface area contributed by atoms with Gasteiger partial charge in [0, 0.05) is 13.1 Å². The second kappa shape index (κ2) is 6.99. The number of anilines is 2. The van der Waals surface area contributed by atoms with Crippen molar-refractivity contribution in [1.29, 1.82) is 0 Å². The van der Waals surface area contributed by atoms with Crippen molar-refractivity contribution in [2.75, 3.05) is 10.0 Å². The monoisotopic (exact) mass is 378 g/mol. The SMILES string of the molecule is CCCC[C@@H]1Oc2ccc(S(=O)(=O)Nc3cc(C)nn3C)cc2NC1=O. The molecule has 0 aliphatic carbocycles. The van der Waals surface area contributed by atoms with Gasteiger partial charge in [-0.25, -0.2) is 8.42 Å². The minimum Gasteiger partial charge on any atom is -0.478 e. The lowest BCUT2D eigenvalue weighted by Gasteiger charge is -2.26. The molecule has 0 saturated heterocycles. The van der Waals surface area contributed by atoms with Gasteiger partial charge >= 0.3 is 0 Å². The number of amides is 1. The lowest BCUT2D eigenvalue weighted by molar-refractivity contribution is -0.123. The summed E-state index contributed by atoms with van der Waals surface area (Å²) >= 11 is 0. The Morgan fingerprint density at radius 1 is 1.35 bits per heavy atom. The Bertz CT molecular complexity index is 936. The van der Waals surface area contributed by atoms with Crippen molar-refractivity contribution in [3.05, 3.63) is 30.0 Å². The van der Waals surface area contributed by atoms with E-state index in [2.05, 4.69) is 15.1 Å². The number of nitrogens with zero attached hydrogens (tertiary/aromatic N) is 2. The van der Waals surface area contributed by atoms with Crippen LogP contribution in [0.25, 0.3) is 0 Å². The molecule has 2 N–H and O–H groups in total. The summed E-state index contributed by atoms with van der Waals surface area (Å²) in [5, 5.41) is 6.85. The number of benzene rings is 1. The van der Waals surface area contributed by atoms with E-state index >= 15 is 0 Å². The van der Waals surface area contributed by atoms with Crippen LogP contribution in [0.4, 0.5) is 11.5 Å². The van der Waals surface area contributed by atoms with E-state index in [-0.39, 0.29) is 10.8 Å². The van der Waals surface area contributed by atoms with Crippen LogP contribution in [-0.2, 0) is 21.9 Å². The van der Waals surface area contributed by atoms with E-state index in [0.717, 1.165) is 12.8 Å². The Hall–Kier alpha value is -2.55. The van der Waals surface area contributed by atoms with Gasteiger partial charge in [-0.05, 0) is 38.0 Å². The van der Waals surface area contributed by atoms with Crippen molar-refractivity contribution in [2.45, 2.75) is 44.1 Å². The highest BCUT2D eigenvalue weighted by molar-refractivity contribution is 7.92. The van der Waals surface area contributed by atoms with Crippen LogP contribution in [0.2, 0.25) is 0 Å². The third-order valence-electron chi connectivity index (χ3n) is 4.14. The molecule has 1 amide bonds. The van der Waals surface area contributed by atoms with Gasteiger partial charge in [-0.1, -0.05) is 13.3 Å². The average molecular weight is 378 g/mol. The number of hydrogen-bond donors (Lipinski definition) is 2. The van der Waals surface area contributed by atoms with E-state index < -0.39 is 16.1 Å². The minimum atomic E-state index is -3.82. The van der Waals surface area contributed by atoms with Crippen LogP contribution < -0.4 is 14.8 Å². The highest BCUT2D eigenvalue weighted by Gasteiger charge is 2.28. The smallest absolute Gasteiger partial charge is 0.265 e. The van der Waals surface area contributed by atoms with Crippen LogP contribution in [0.1, 0.15) is 31.9 Å². The highest BCUT2D eigenvalue weighted by Crippen LogP contribution is 2.33. The second-order valence-corrected chi connectivity index (χ2v) is 7.98. The maximum atomic E-state index is 12.6. The maximum Gasteiger partial charge on any atom is 0.265 e. The summed E-state index contributed by atoms with van der Waals surface area (Å²) in [6, 6.07) is 6.06. The van der Waals surface area contributed by atoms with Crippen LogP contribution in [-0.4, -0.2) is 30.2 Å². The van der Waals surface area contributed by atoms with Gasteiger partial charge < -0.3 is 10.1 Å². The summed E-state index contributed by atoms with van der Waals surface area (Å²) in [7, 11) is -2.16. The molecule has 1 aliphatic heterocycles. The summed E-state index contributed by atoms with van der Waals surface area (Å²) < 4.78 is 34.9. The number of aromatic nitrogens is 2. The summed E-state index contributed by atoms with van der Waals surface area (Å²) in [4.78, 5) is 12.2. The van der Waals surface area contributed by atoms with Crippen LogP contribution in [0.3, 0.4) is 0 Å². The molecule has 1 aromatic heterocycles. The Labute approximate surface area is 152 Å². The number of ether oxygens (including phenoxy) is 1. The number of unbranched alkanes of at least 4 members (excludes halogenated alkanes) is 1. The number of carbonyl (C=O) groups excluding carboxylic acids is 1. The van der Waals surface area contributed by atoms with E-state index in [4.69, 9.17) is 4.74 Å². The fourth-order valence-electron chi connectivity index (χ4n) is 2.78. The topological polar surface area (TPSA) is 102 Å². The number of hydrogen-bond acceptors (Lipinski definition) is 5. The molecule has 0 spiro atoms. The second-order valence-electron chi connectivity index (χ2n) is 6.30. The molecule has 0 unspecified atom stereocenters. The summed E-state index contributed by atoms with van der Waals surface area (Å²) in [5.41, 5.74) is 1.06. The standard InChI is InChI=1S/C17H22N4O4S/c1-4-5-6-15-17(22)18-13-10-12(7-8-14(13)25-15)26(23,24)20-16-9-11(2)19-21(16)3/h7-10,15,20H,4-6H2,1-3H3,(H,18,22)/t15-/m0/s1. The molecule has 1 aromatic carbocycles. The number of rotatable bonds is 6. The predicted octanol–water partition coefficient (Wildman–Crippen LogP) is 2.42. The van der Waals surface area contributed by atoms with Crippen molar-refractivity contribution < 1.29 is 17.9 Å². The van der Waals surface area contributed by atoms with E-state index in [1.54, 1.807) is 26.1 Å². The molecule has 2 aromatic rings. The molecule has 1 aliphatic rings. The minimum absolute atomic E-state index is 0.0333. The third-order valence-corrected chi connectivity index (χ3v) is 5.49. The molecule has 0 bridgehead atoms. The van der Waals surface area contributed by atoms with Crippen LogP contribution in [0.15, 0.2) is 29.2 Å². The van der Waals surface area contributed by atoms with E-state index in [9.17, 15) is 13.2 Å². The van der Waals surface area contributed by atoms with Gasteiger partial charge in [-0.3, -0.25) is 14.2 Å². The highest BCUT2D eigenvalue weighted by atomic mass is 32.2. The van der Waals surface area contributed by atoms with Gasteiger partial charge in [-0.15, -0.1) is 0 Å². The Kier molecular flexibility index (Phi) is 4.90. The predicted molar refractivity (Wildman–Crippen MR) is 97.8 cm³/mol. The molecule has 26 heavy (non-hydrogen) atoms. The summed E-state index contributed by atoms with van der Waals surface area (Å²) in [6.07, 6.45) is 1.94. The largest absolute Gasteiger partial charge is 0.478 e. The molecular formula is C17H22N4O4S. The Morgan fingerprint density at radius 2 is 2.12 bits per heavy atom. The molecule has 140 valence electrons. The fourth-order valence-corrected chi connectivity index (χ4v) is 3.88. The zero-order valence-corrected chi connectivity index (χ0v) is 15.8. The number of aryl methyl sites for hydroxylation is 2. The third kappa shape index (κ3) is 3.67. The van der Waals surface area contributed by atoms with Crippen molar-refractivity contribution in [1.82, 2.24) is 9.78 Å². The van der Waals surface area contributed by atoms with Gasteiger partial charge in [0.1, 0.15) is 11.6 Å². The molecule has 0 saturated carbocycles. The maximum absolute atomic E-state index is 12.6. The van der Waals surface area contributed by atoms with E-state index in [1.807, 2.05) is 6.92 Å². The van der Waals surface area contributed by atoms with E-state index in [1.165, 1.54) is 16.8 Å². The van der Waals surface area contributed by atoms with Gasteiger partial charge in [0.2, 0.25) is 0 Å². The van der Waals surface area contributed by atoms with Gasteiger partial charge in [0.05, 0.1) is 16.3 Å². The van der Waals surface area contributed by atoms with Crippen molar-refractivity contribution >= 4 is 27.4 Å². The molecule has 0 radical (unpaired) electrons. The van der Waals surface area contributed by atoms with Crippen LogP contribution >= 0.6 is 0 Å². The molecular weight excluding hydrogens is 356 g/mol. The van der Waals surface area contributed by atoms with Gasteiger partial charge in [0.15, 0.2) is 6.10 Å². The van der Waals surface area contributed by atoms with Crippen LogP contribution in [0, 0.1) is 6.92 Å². The molecule has 9 heteroatoms. The van der Waals surface area contributed by atoms with Crippen molar-refractivity contribution in [3.8, 4) is 5.75 Å². The number of carbonyl (C=O) groups is 1. The molecule has 2 heterocycles. The molecule has 1 atom stereocenters. The first kappa shape index (κ1) is 18.2. The summed E-state index contributed by atoms with van der Waals surface area (Å²) in [6.45, 7) is 3.82. The Morgan fingerprint density at radius 3 is 2.77 bits per heavy atom. The zero-order chi connectivity index (χ0) is 18.9. The van der Waals surface area contributed by atoms with Crippen molar-refractivity contribution in [3.63, 3.8) is 0 Å². The lowest BCUT2D eigenvalue weighted by atomic mass is 10.1. The molecule has 0 fully saturated rings. The first-order valence-electron chi connectivity index (χ1n) is 8.45. The first-order chi connectivity index (χ1) is 12.3. The van der Waals surface area contributed by atoms with Gasteiger partial charge in [0.25, 0.3) is 15.9 Å². The molecule has 3 rings (SSSR count). The van der Waals surface area contributed by atoms with E-state index in [0.29, 0.717) is 29.4 Å². The number of nitrogens with one attached hydrogen (secondary N) is 2. The Balaban J connectivity index is 1.84. The van der Waals surface area contributed by atoms with Crippen molar-refractivity contribution in [2.24, 2.45) is 7.05 Å².